The number of hydrogen-bond donors (Lipinski definition) is 0. The molecule has 0 spiro atoms. The van der Waals surface area contributed by atoms with Crippen molar-refractivity contribution in [3.8, 4) is 0 Å². The minimum absolute atomic E-state index is 0.00740. The van der Waals surface area contributed by atoms with E-state index in [4.69, 9.17) is 0 Å². The number of aryl methyl sites for hydroxylation is 1. The van der Waals surface area contributed by atoms with Crippen molar-refractivity contribution < 1.29 is 4.57 Å². The molecule has 274 valence electrons. The van der Waals surface area contributed by atoms with E-state index in [-0.39, 0.29) is 5.41 Å². The smallest absolute Gasteiger partial charge is 0.237 e. The Labute approximate surface area is 304 Å². The van der Waals surface area contributed by atoms with Gasteiger partial charge in [-0.05, 0) is 43.2 Å². The Kier molecular flexibility index (Phi) is 22.2. The van der Waals surface area contributed by atoms with Crippen molar-refractivity contribution in [2.24, 2.45) is 0 Å². The highest BCUT2D eigenvalue weighted by atomic mass is 15.1. The van der Waals surface area contributed by atoms with Gasteiger partial charge in [-0.25, -0.2) is 9.13 Å². The minimum atomic E-state index is 0.00740. The summed E-state index contributed by atoms with van der Waals surface area (Å²) >= 11 is 0. The maximum absolute atomic E-state index is 2.59. The summed E-state index contributed by atoms with van der Waals surface area (Å²) in [4.78, 5) is 0. The molecule has 0 fully saturated rings. The van der Waals surface area contributed by atoms with Crippen molar-refractivity contribution in [1.29, 1.82) is 0 Å². The van der Waals surface area contributed by atoms with Gasteiger partial charge in [-0.15, -0.1) is 0 Å². The summed E-state index contributed by atoms with van der Waals surface area (Å²) in [5, 5.41) is 0. The van der Waals surface area contributed by atoms with Crippen LogP contribution in [0.15, 0.2) is 79.4 Å². The summed E-state index contributed by atoms with van der Waals surface area (Å²) in [6, 6.07) is 23.0. The van der Waals surface area contributed by atoms with Crippen molar-refractivity contribution in [2.75, 3.05) is 0 Å². The zero-order chi connectivity index (χ0) is 34.7. The van der Waals surface area contributed by atoms with Crippen LogP contribution in [-0.4, -0.2) is 4.57 Å². The van der Waals surface area contributed by atoms with Gasteiger partial charge in [0.1, 0.15) is 18.4 Å². The van der Waals surface area contributed by atoms with Gasteiger partial charge in [0.25, 0.3) is 0 Å². The van der Waals surface area contributed by atoms with E-state index in [0.29, 0.717) is 6.04 Å². The second kappa shape index (κ2) is 26.5. The van der Waals surface area contributed by atoms with Gasteiger partial charge in [0.05, 0.1) is 6.54 Å². The number of benzene rings is 2. The first-order valence-electron chi connectivity index (χ1n) is 21.3. The van der Waals surface area contributed by atoms with Gasteiger partial charge in [-0.1, -0.05) is 216 Å². The first-order chi connectivity index (χ1) is 24.2. The van der Waals surface area contributed by atoms with Gasteiger partial charge in [-0.2, -0.15) is 0 Å². The van der Waals surface area contributed by atoms with E-state index in [0.717, 1.165) is 13.0 Å². The first-order valence-corrected chi connectivity index (χ1v) is 21.3. The Balaban J connectivity index is 1.53. The topological polar surface area (TPSA) is 8.81 Å². The Morgan fingerprint density at radius 3 is 1.45 bits per heavy atom. The summed E-state index contributed by atoms with van der Waals surface area (Å²) in [5.41, 5.74) is 2.90. The third kappa shape index (κ3) is 16.9. The predicted molar refractivity (Wildman–Crippen MR) is 214 cm³/mol. The van der Waals surface area contributed by atoms with Gasteiger partial charge in [0.15, 0.2) is 0 Å². The molecule has 1 aromatic heterocycles. The third-order valence-corrected chi connectivity index (χ3v) is 11.3. The fourth-order valence-corrected chi connectivity index (χ4v) is 8.09. The van der Waals surface area contributed by atoms with Crippen molar-refractivity contribution in [3.63, 3.8) is 0 Å². The predicted octanol–water partition coefficient (Wildman–Crippen LogP) is 14.3. The molecule has 2 nitrogen and oxygen atoms in total. The number of imidazole rings is 1. The molecule has 49 heavy (non-hydrogen) atoms. The lowest BCUT2D eigenvalue weighted by Crippen LogP contribution is -2.38. The molecule has 3 rings (SSSR count). The number of aromatic nitrogens is 2. The average Bonchev–Trinajstić information content (AvgIpc) is 3.59. The van der Waals surface area contributed by atoms with Crippen LogP contribution < -0.4 is 4.57 Å². The minimum Gasteiger partial charge on any atom is -0.237 e. The second-order valence-electron chi connectivity index (χ2n) is 15.6. The lowest BCUT2D eigenvalue weighted by molar-refractivity contribution is -0.697. The molecule has 0 N–H and O–H groups in total. The average molecular weight is 670 g/mol. The molecular weight excluding hydrogens is 593 g/mol. The SMILES string of the molecule is CCCCCCCCCCCCCCC[n+]1ccn(C(CCCCCCCCCCCCC)C(C)(Cc2ccccc2)c2ccccc2)c1. The summed E-state index contributed by atoms with van der Waals surface area (Å²) in [7, 11) is 0. The van der Waals surface area contributed by atoms with Crippen LogP contribution in [0.25, 0.3) is 0 Å². The highest BCUT2D eigenvalue weighted by molar-refractivity contribution is 5.30. The van der Waals surface area contributed by atoms with Crippen LogP contribution in [0.3, 0.4) is 0 Å². The maximum Gasteiger partial charge on any atom is 0.244 e. The number of nitrogens with zero attached hydrogens (tertiary/aromatic N) is 2. The van der Waals surface area contributed by atoms with Crippen molar-refractivity contribution >= 4 is 0 Å². The van der Waals surface area contributed by atoms with E-state index in [1.807, 2.05) is 0 Å². The zero-order valence-electron chi connectivity index (χ0n) is 32.6. The Morgan fingerprint density at radius 2 is 0.959 bits per heavy atom. The van der Waals surface area contributed by atoms with Crippen LogP contribution in [0.5, 0.6) is 0 Å². The van der Waals surface area contributed by atoms with Crippen molar-refractivity contribution in [2.45, 2.75) is 206 Å². The Hall–Kier alpha value is -2.35. The van der Waals surface area contributed by atoms with Gasteiger partial charge in [-0.3, -0.25) is 0 Å². The first kappa shape index (κ1) is 41.1. The fourth-order valence-electron chi connectivity index (χ4n) is 8.09. The van der Waals surface area contributed by atoms with E-state index in [1.54, 1.807) is 0 Å². The number of hydrogen-bond acceptors (Lipinski definition) is 0. The van der Waals surface area contributed by atoms with Gasteiger partial charge in [0, 0.05) is 5.41 Å². The van der Waals surface area contributed by atoms with Crippen molar-refractivity contribution in [1.82, 2.24) is 4.57 Å². The summed E-state index contributed by atoms with van der Waals surface area (Å²) in [5.74, 6) is 0. The quantitative estimate of drug-likeness (QED) is 0.0476. The molecule has 0 aliphatic heterocycles. The normalized spacial score (nSPS) is 13.4. The zero-order valence-corrected chi connectivity index (χ0v) is 32.6. The monoisotopic (exact) mass is 670 g/mol. The molecule has 0 radical (unpaired) electrons. The molecule has 3 aromatic rings. The Morgan fingerprint density at radius 1 is 0.531 bits per heavy atom. The van der Waals surface area contributed by atoms with Crippen molar-refractivity contribution in [3.05, 3.63) is 90.5 Å². The maximum atomic E-state index is 2.59. The van der Waals surface area contributed by atoms with E-state index in [9.17, 15) is 0 Å². The molecule has 2 atom stereocenters. The van der Waals surface area contributed by atoms with E-state index < -0.39 is 0 Å². The highest BCUT2D eigenvalue weighted by Gasteiger charge is 2.40. The molecule has 0 aliphatic carbocycles. The van der Waals surface area contributed by atoms with Crippen LogP contribution in [0.4, 0.5) is 0 Å². The fraction of sp³-hybridized carbons (Fsp3) is 0.681. The molecular formula is C47H77N2+. The molecule has 0 bridgehead atoms. The van der Waals surface area contributed by atoms with Crippen LogP contribution >= 0.6 is 0 Å². The largest absolute Gasteiger partial charge is 0.244 e. The Bertz CT molecular complexity index is 1150. The number of rotatable bonds is 31. The van der Waals surface area contributed by atoms with Crippen LogP contribution in [0.1, 0.15) is 198 Å². The summed E-state index contributed by atoms with van der Waals surface area (Å²) in [6.07, 6.45) is 43.1. The molecule has 0 saturated heterocycles. The molecule has 0 aliphatic rings. The lowest BCUT2D eigenvalue weighted by Gasteiger charge is -2.37. The summed E-state index contributed by atoms with van der Waals surface area (Å²) in [6.45, 7) is 8.29. The standard InChI is InChI=1S/C47H77N2/c1-4-6-8-10-12-14-16-17-19-21-23-25-33-39-48-40-41-49(43-48)46(38-32-24-22-20-18-15-13-11-9-7-5-2)47(3,45-36-30-27-31-37-45)42-44-34-28-26-29-35-44/h26-31,34-37,40-41,43,46H,4-25,32-33,38-39,42H2,1-3H3/q+1. The van der Waals surface area contributed by atoms with E-state index >= 15 is 0 Å². The van der Waals surface area contributed by atoms with Crippen LogP contribution in [0, 0.1) is 0 Å². The van der Waals surface area contributed by atoms with Gasteiger partial charge < -0.3 is 0 Å². The highest BCUT2D eigenvalue weighted by Crippen LogP contribution is 2.41. The van der Waals surface area contributed by atoms with Crippen LogP contribution in [-0.2, 0) is 18.4 Å². The number of unbranched alkanes of at least 4 members (excludes halogenated alkanes) is 22. The molecule has 0 saturated carbocycles. The van der Waals surface area contributed by atoms with Gasteiger partial charge >= 0.3 is 0 Å². The molecule has 2 aromatic carbocycles. The van der Waals surface area contributed by atoms with E-state index in [2.05, 4.69) is 109 Å². The van der Waals surface area contributed by atoms with Gasteiger partial charge in [0.2, 0.25) is 6.33 Å². The van der Waals surface area contributed by atoms with E-state index in [1.165, 1.54) is 172 Å². The third-order valence-electron chi connectivity index (χ3n) is 11.3. The van der Waals surface area contributed by atoms with Crippen LogP contribution in [0.2, 0.25) is 0 Å². The lowest BCUT2D eigenvalue weighted by atomic mass is 9.70. The molecule has 2 heteroatoms. The molecule has 0 amide bonds. The summed E-state index contributed by atoms with van der Waals surface area (Å²) < 4.78 is 5.06. The molecule has 1 heterocycles. The molecule has 2 unspecified atom stereocenters. The second-order valence-corrected chi connectivity index (χ2v) is 15.6.